The van der Waals surface area contributed by atoms with Crippen LogP contribution in [0.4, 0.5) is 10.1 Å². The Bertz CT molecular complexity index is 771. The van der Waals surface area contributed by atoms with Gasteiger partial charge in [-0.05, 0) is 37.3 Å². The zero-order valence-corrected chi connectivity index (χ0v) is 14.3. The van der Waals surface area contributed by atoms with Crippen molar-refractivity contribution in [3.8, 4) is 0 Å². The van der Waals surface area contributed by atoms with Crippen LogP contribution in [0.25, 0.3) is 11.0 Å². The quantitative estimate of drug-likeness (QED) is 0.846. The molecule has 2 aliphatic heterocycles. The first-order valence-corrected chi connectivity index (χ1v) is 9.38. The molecule has 0 spiro atoms. The molecule has 4 heterocycles. The van der Waals surface area contributed by atoms with Gasteiger partial charge in [0, 0.05) is 32.7 Å². The summed E-state index contributed by atoms with van der Waals surface area (Å²) >= 11 is 0. The number of nitrogens with zero attached hydrogens (tertiary/aromatic N) is 4. The lowest BCUT2D eigenvalue weighted by Crippen LogP contribution is -2.33. The predicted molar refractivity (Wildman–Crippen MR) is 93.7 cm³/mol. The molecule has 0 radical (unpaired) electrons. The predicted octanol–water partition coefficient (Wildman–Crippen LogP) is 3.25. The summed E-state index contributed by atoms with van der Waals surface area (Å²) in [4.78, 5) is 9.38. The number of hydrogen-bond donors (Lipinski definition) is 0. The minimum absolute atomic E-state index is 0.0584. The minimum atomic E-state index is -0.0584. The lowest BCUT2D eigenvalue weighted by atomic mass is 10.0. The number of rotatable bonds is 2. The molecule has 4 nitrogen and oxygen atoms in total. The number of anilines is 1. The van der Waals surface area contributed by atoms with Crippen molar-refractivity contribution in [2.45, 2.75) is 39.3 Å². The maximum atomic E-state index is 15.0. The van der Waals surface area contributed by atoms with Crippen molar-refractivity contribution in [3.63, 3.8) is 0 Å². The van der Waals surface area contributed by atoms with E-state index in [0.29, 0.717) is 11.9 Å². The first kappa shape index (κ1) is 14.7. The van der Waals surface area contributed by atoms with E-state index in [4.69, 9.17) is 0 Å². The summed E-state index contributed by atoms with van der Waals surface area (Å²) in [5.41, 5.74) is 2.73. The highest BCUT2D eigenvalue weighted by Gasteiger charge is 2.36. The highest BCUT2D eigenvalue weighted by atomic mass is 19.1. The molecule has 2 aromatic rings. The Morgan fingerprint density at radius 2 is 2.00 bits per heavy atom. The normalized spacial score (nSPS) is 27.0. The molecule has 1 saturated carbocycles. The third-order valence-corrected chi connectivity index (χ3v) is 6.48. The maximum absolute atomic E-state index is 15.0. The van der Waals surface area contributed by atoms with Crippen LogP contribution in [0.1, 0.15) is 31.9 Å². The fourth-order valence-corrected chi connectivity index (χ4v) is 5.04. The van der Waals surface area contributed by atoms with Crippen molar-refractivity contribution in [2.24, 2.45) is 11.8 Å². The number of fused-ring (bicyclic) bond motifs is 4. The van der Waals surface area contributed by atoms with E-state index in [2.05, 4.69) is 26.3 Å². The summed E-state index contributed by atoms with van der Waals surface area (Å²) in [6.07, 6.45) is 6.06. The minimum Gasteiger partial charge on any atom is -0.370 e. The Morgan fingerprint density at radius 3 is 2.75 bits per heavy atom. The van der Waals surface area contributed by atoms with Crippen LogP contribution in [-0.4, -0.2) is 40.6 Å². The number of hydrogen-bond acceptors (Lipinski definition) is 3. The van der Waals surface area contributed by atoms with Gasteiger partial charge in [-0.1, -0.05) is 13.3 Å². The summed E-state index contributed by atoms with van der Waals surface area (Å²) < 4.78 is 17.1. The Balaban J connectivity index is 1.51. The smallest absolute Gasteiger partial charge is 0.155 e. The second-order valence-electron chi connectivity index (χ2n) is 7.70. The molecule has 5 heteroatoms. The van der Waals surface area contributed by atoms with Crippen molar-refractivity contribution < 1.29 is 4.39 Å². The van der Waals surface area contributed by atoms with Gasteiger partial charge in [-0.15, -0.1) is 0 Å². The molecule has 128 valence electrons. The molecule has 3 aliphatic rings. The first-order valence-electron chi connectivity index (χ1n) is 9.38. The second-order valence-corrected chi connectivity index (χ2v) is 7.70. The average molecular weight is 328 g/mol. The molecule has 2 aromatic heterocycles. The van der Waals surface area contributed by atoms with Gasteiger partial charge < -0.3 is 9.47 Å². The van der Waals surface area contributed by atoms with Gasteiger partial charge >= 0.3 is 0 Å². The van der Waals surface area contributed by atoms with Crippen LogP contribution in [0.5, 0.6) is 0 Å². The Labute approximate surface area is 142 Å². The van der Waals surface area contributed by atoms with Gasteiger partial charge in [-0.2, -0.15) is 0 Å². The van der Waals surface area contributed by atoms with Crippen LogP contribution in [0, 0.1) is 17.7 Å². The van der Waals surface area contributed by atoms with Gasteiger partial charge in [-0.25, -0.2) is 9.37 Å². The summed E-state index contributed by atoms with van der Waals surface area (Å²) in [6.45, 7) is 7.86. The van der Waals surface area contributed by atoms with Gasteiger partial charge in [0.05, 0.1) is 23.0 Å². The van der Waals surface area contributed by atoms with E-state index in [9.17, 15) is 0 Å². The Kier molecular flexibility index (Phi) is 3.34. The van der Waals surface area contributed by atoms with E-state index in [-0.39, 0.29) is 5.82 Å². The molecule has 2 fully saturated rings. The first-order chi connectivity index (χ1) is 11.7. The van der Waals surface area contributed by atoms with E-state index < -0.39 is 0 Å². The standard InChI is InChI=1S/C19H25FN4/c1-2-22-6-7-24-17(12-22)18(20)16-8-15(9-21-19(16)24)23-10-13-4-3-5-14(13)11-23/h8-9,13-14H,2-7,10-12H2,1H3. The van der Waals surface area contributed by atoms with E-state index in [1.807, 2.05) is 12.3 Å². The van der Waals surface area contributed by atoms with Gasteiger partial charge in [0.15, 0.2) is 5.82 Å². The van der Waals surface area contributed by atoms with Crippen molar-refractivity contribution in [1.82, 2.24) is 14.5 Å². The lowest BCUT2D eigenvalue weighted by molar-refractivity contribution is 0.229. The Hall–Kier alpha value is -1.62. The molecule has 0 aromatic carbocycles. The molecular formula is C19H25FN4. The lowest BCUT2D eigenvalue weighted by Gasteiger charge is -2.27. The van der Waals surface area contributed by atoms with Crippen LogP contribution in [-0.2, 0) is 13.1 Å². The molecule has 1 aliphatic carbocycles. The summed E-state index contributed by atoms with van der Waals surface area (Å²) in [5.74, 6) is 1.62. The molecule has 0 bridgehead atoms. The zero-order chi connectivity index (χ0) is 16.3. The number of pyridine rings is 1. The molecule has 5 rings (SSSR count). The topological polar surface area (TPSA) is 24.3 Å². The highest BCUT2D eigenvalue weighted by Crippen LogP contribution is 2.40. The van der Waals surface area contributed by atoms with Crippen molar-refractivity contribution in [3.05, 3.63) is 23.8 Å². The van der Waals surface area contributed by atoms with Crippen molar-refractivity contribution >= 4 is 16.7 Å². The summed E-state index contributed by atoms with van der Waals surface area (Å²) in [6, 6.07) is 2.04. The molecule has 0 N–H and O–H groups in total. The van der Waals surface area contributed by atoms with Gasteiger partial charge in [0.1, 0.15) is 5.65 Å². The SMILES string of the molecule is CCN1CCn2c(c(F)c3cc(N4CC5CCCC5C4)cnc32)C1. The fraction of sp³-hybridized carbons (Fsp3) is 0.632. The van der Waals surface area contributed by atoms with E-state index in [1.165, 1.54) is 19.3 Å². The van der Waals surface area contributed by atoms with Crippen LogP contribution in [0.3, 0.4) is 0 Å². The second kappa shape index (κ2) is 5.45. The Morgan fingerprint density at radius 1 is 1.21 bits per heavy atom. The van der Waals surface area contributed by atoms with E-state index in [0.717, 1.165) is 61.6 Å². The number of aromatic nitrogens is 2. The largest absolute Gasteiger partial charge is 0.370 e. The third kappa shape index (κ3) is 2.10. The highest BCUT2D eigenvalue weighted by molar-refractivity contribution is 5.82. The van der Waals surface area contributed by atoms with Crippen molar-refractivity contribution in [2.75, 3.05) is 31.1 Å². The van der Waals surface area contributed by atoms with Crippen LogP contribution >= 0.6 is 0 Å². The molecule has 0 amide bonds. The van der Waals surface area contributed by atoms with Crippen LogP contribution in [0.2, 0.25) is 0 Å². The molecule has 1 saturated heterocycles. The number of likely N-dealkylation sites (N-methyl/N-ethyl adjacent to an activating group) is 1. The van der Waals surface area contributed by atoms with Gasteiger partial charge in [-0.3, -0.25) is 4.90 Å². The monoisotopic (exact) mass is 328 g/mol. The number of halogens is 1. The average Bonchev–Trinajstić information content (AvgIpc) is 3.28. The zero-order valence-electron chi connectivity index (χ0n) is 14.3. The maximum Gasteiger partial charge on any atom is 0.155 e. The van der Waals surface area contributed by atoms with E-state index in [1.54, 1.807) is 0 Å². The molecule has 2 atom stereocenters. The van der Waals surface area contributed by atoms with E-state index >= 15 is 4.39 Å². The molecule has 2 unspecified atom stereocenters. The molecule has 24 heavy (non-hydrogen) atoms. The van der Waals surface area contributed by atoms with Gasteiger partial charge in [0.25, 0.3) is 0 Å². The van der Waals surface area contributed by atoms with Gasteiger partial charge in [0.2, 0.25) is 0 Å². The molecular weight excluding hydrogens is 303 g/mol. The van der Waals surface area contributed by atoms with Crippen LogP contribution < -0.4 is 4.90 Å². The fourth-order valence-electron chi connectivity index (χ4n) is 5.04. The van der Waals surface area contributed by atoms with Crippen molar-refractivity contribution in [1.29, 1.82) is 0 Å². The van der Waals surface area contributed by atoms with Crippen LogP contribution in [0.15, 0.2) is 12.3 Å². The summed E-state index contributed by atoms with van der Waals surface area (Å²) in [5, 5.41) is 0.706. The summed E-state index contributed by atoms with van der Waals surface area (Å²) in [7, 11) is 0. The third-order valence-electron chi connectivity index (χ3n) is 6.48.